The molecule has 0 bridgehead atoms. The van der Waals surface area contributed by atoms with Gasteiger partial charge in [0, 0.05) is 41.4 Å². The molecule has 2 fully saturated rings. The minimum absolute atomic E-state index is 0.360. The molecule has 10 heteroatoms. The zero-order valence-corrected chi connectivity index (χ0v) is 36.5. The quantitative estimate of drug-likeness (QED) is 0.0662. The standard InChI is InChI=1S/C53H54O10/c1-5-7-9-11-13-15-17-19-20-21-22-23-24-25-26-27-28-29-31-33-35-37-39-41-47(55)60-46(43-59-52-50(58)49(57)48(56)45(42-54)61-52)51-44(62-53(3,4)63-51)40-38-36-34-32-30-18-16-14-12-10-8-6-2/h44-46,48-52,54,56-58H,6,8,10,12,14,16,18,30,32,34,36,38,40,42-43H2,1-4H3/t44-,45?,46+,48?,49?,50?,51-,52?/m1/s1. The summed E-state index contributed by atoms with van der Waals surface area (Å²) in [7, 11) is 0. The molecule has 2 rings (SSSR count). The van der Waals surface area contributed by atoms with Crippen LogP contribution in [0.5, 0.6) is 0 Å². The maximum atomic E-state index is 13.0. The van der Waals surface area contributed by atoms with Crippen LogP contribution in [0.1, 0.15) is 111 Å². The van der Waals surface area contributed by atoms with Crippen LogP contribution >= 0.6 is 0 Å². The number of carbonyl (C=O) groups is 1. The Hall–Kier alpha value is -6.13. The van der Waals surface area contributed by atoms with Gasteiger partial charge in [0.15, 0.2) is 18.2 Å². The number of ether oxygens (including phenoxy) is 5. The highest BCUT2D eigenvalue weighted by Crippen LogP contribution is 2.34. The van der Waals surface area contributed by atoms with Gasteiger partial charge in [-0.1, -0.05) is 89.9 Å². The fraction of sp³-hybridized carbons (Fsp3) is 0.528. The minimum Gasteiger partial charge on any atom is -0.447 e. The lowest BCUT2D eigenvalue weighted by molar-refractivity contribution is -0.306. The van der Waals surface area contributed by atoms with Gasteiger partial charge in [-0.25, -0.2) is 4.79 Å². The number of carbonyl (C=O) groups excluding carboxylic acids is 1. The Bertz CT molecular complexity index is 2270. The van der Waals surface area contributed by atoms with Crippen molar-refractivity contribution in [3.8, 4) is 142 Å². The Morgan fingerprint density at radius 2 is 1.00 bits per heavy atom. The SMILES string of the molecule is CC#CC#CC#CC#CC#CC#CC#CC#CC#CC#CC#CC#CC(=O)O[C@@H](COC1OC(CO)C(O)C(O)C1O)[C@@H]1OC(C)(C)O[C@@H]1CCCCCCCCCCCCCC. The molecule has 2 aliphatic rings. The van der Waals surface area contributed by atoms with Gasteiger partial charge in [0.1, 0.15) is 30.5 Å². The van der Waals surface area contributed by atoms with Crippen LogP contribution in [-0.4, -0.2) is 94.4 Å². The third-order valence-electron chi connectivity index (χ3n) is 9.06. The van der Waals surface area contributed by atoms with Crippen LogP contribution in [0.25, 0.3) is 0 Å². The van der Waals surface area contributed by atoms with Crippen molar-refractivity contribution < 1.29 is 48.9 Å². The van der Waals surface area contributed by atoms with Gasteiger partial charge >= 0.3 is 5.97 Å². The fourth-order valence-electron chi connectivity index (χ4n) is 6.12. The van der Waals surface area contributed by atoms with E-state index in [4.69, 9.17) is 23.7 Å². The number of hydrogen-bond donors (Lipinski definition) is 4. The van der Waals surface area contributed by atoms with Gasteiger partial charge in [-0.15, -0.1) is 0 Å². The first-order chi connectivity index (χ1) is 30.6. The summed E-state index contributed by atoms with van der Waals surface area (Å²) in [6, 6.07) is 0. The molecule has 10 nitrogen and oxygen atoms in total. The first-order valence-corrected chi connectivity index (χ1v) is 21.0. The number of aliphatic hydroxyl groups is 4. The van der Waals surface area contributed by atoms with Crippen molar-refractivity contribution in [2.45, 2.75) is 166 Å². The van der Waals surface area contributed by atoms with Gasteiger partial charge in [0.05, 0.1) is 19.3 Å². The molecule has 0 spiro atoms. The third kappa shape index (κ3) is 24.2. The number of esters is 1. The highest BCUT2D eigenvalue weighted by Gasteiger charge is 2.48. The average Bonchev–Trinajstić information content (AvgIpc) is 3.58. The predicted octanol–water partition coefficient (Wildman–Crippen LogP) is 3.39. The molecule has 326 valence electrons. The van der Waals surface area contributed by atoms with Gasteiger partial charge in [0.25, 0.3) is 0 Å². The average molecular weight is 851 g/mol. The van der Waals surface area contributed by atoms with Gasteiger partial charge < -0.3 is 44.1 Å². The Morgan fingerprint density at radius 1 is 0.571 bits per heavy atom. The first-order valence-electron chi connectivity index (χ1n) is 21.0. The first kappa shape index (κ1) is 53.0. The van der Waals surface area contributed by atoms with Crippen LogP contribution in [0.15, 0.2) is 0 Å². The number of hydrogen-bond acceptors (Lipinski definition) is 10. The molecule has 2 aliphatic heterocycles. The van der Waals surface area contributed by atoms with Crippen LogP contribution in [0, 0.1) is 142 Å². The summed E-state index contributed by atoms with van der Waals surface area (Å²) >= 11 is 0. The van der Waals surface area contributed by atoms with Crippen molar-refractivity contribution in [1.29, 1.82) is 0 Å². The monoisotopic (exact) mass is 850 g/mol. The molecule has 0 aromatic heterocycles. The van der Waals surface area contributed by atoms with E-state index in [1.807, 2.05) is 0 Å². The molecule has 63 heavy (non-hydrogen) atoms. The van der Waals surface area contributed by atoms with Gasteiger partial charge in [-0.05, 0) is 122 Å². The molecule has 8 atom stereocenters. The molecule has 0 aromatic rings. The summed E-state index contributed by atoms with van der Waals surface area (Å²) in [4.78, 5) is 13.0. The molecule has 2 heterocycles. The lowest BCUT2D eigenvalue weighted by Crippen LogP contribution is -2.59. The third-order valence-corrected chi connectivity index (χ3v) is 9.06. The Kier molecular flexibility index (Phi) is 28.2. The minimum atomic E-state index is -1.65. The molecule has 0 radical (unpaired) electrons. The Morgan fingerprint density at radius 3 is 1.44 bits per heavy atom. The largest absolute Gasteiger partial charge is 0.447 e. The Balaban J connectivity index is 2.01. The lowest BCUT2D eigenvalue weighted by Gasteiger charge is -2.40. The predicted molar refractivity (Wildman–Crippen MR) is 238 cm³/mol. The van der Waals surface area contributed by atoms with E-state index in [1.54, 1.807) is 20.8 Å². The van der Waals surface area contributed by atoms with Crippen LogP contribution in [0.3, 0.4) is 0 Å². The number of unbranched alkanes of at least 4 members (excludes halogenated alkanes) is 11. The van der Waals surface area contributed by atoms with E-state index in [1.165, 1.54) is 57.8 Å². The van der Waals surface area contributed by atoms with E-state index in [9.17, 15) is 25.2 Å². The number of rotatable bonds is 19. The van der Waals surface area contributed by atoms with E-state index in [0.717, 1.165) is 19.3 Å². The summed E-state index contributed by atoms with van der Waals surface area (Å²) in [6.07, 6.45) is 5.18. The molecule has 0 amide bonds. The normalized spacial score (nSPS) is 20.9. The second kappa shape index (κ2) is 33.5. The second-order valence-electron chi connectivity index (χ2n) is 14.4. The number of aliphatic hydroxyl groups excluding tert-OH is 4. The molecular formula is C53H54O10. The van der Waals surface area contributed by atoms with Crippen molar-refractivity contribution in [2.24, 2.45) is 0 Å². The summed E-state index contributed by atoms with van der Waals surface area (Å²) in [5.41, 5.74) is 0. The van der Waals surface area contributed by atoms with E-state index >= 15 is 0 Å². The van der Waals surface area contributed by atoms with E-state index in [-0.39, 0.29) is 6.61 Å². The maximum absolute atomic E-state index is 13.0. The van der Waals surface area contributed by atoms with Crippen molar-refractivity contribution in [3.05, 3.63) is 0 Å². The topological polar surface area (TPSA) is 144 Å². The van der Waals surface area contributed by atoms with Crippen LogP contribution in [-0.2, 0) is 28.5 Å². The maximum Gasteiger partial charge on any atom is 0.385 e. The molecule has 2 saturated heterocycles. The highest BCUT2D eigenvalue weighted by atomic mass is 16.8. The van der Waals surface area contributed by atoms with Gasteiger partial charge in [-0.2, -0.15) is 0 Å². The zero-order valence-electron chi connectivity index (χ0n) is 36.5. The second-order valence-corrected chi connectivity index (χ2v) is 14.4. The summed E-state index contributed by atoms with van der Waals surface area (Å²) in [6.45, 7) is 6.44. The van der Waals surface area contributed by atoms with Gasteiger partial charge in [0.2, 0.25) is 0 Å². The van der Waals surface area contributed by atoms with Crippen LogP contribution < -0.4 is 0 Å². The molecule has 5 unspecified atom stereocenters. The van der Waals surface area contributed by atoms with E-state index < -0.39 is 67.4 Å². The highest BCUT2D eigenvalue weighted by molar-refractivity contribution is 5.89. The molecule has 0 aliphatic carbocycles. The fourth-order valence-corrected chi connectivity index (χ4v) is 6.12. The molecule has 0 aromatic carbocycles. The van der Waals surface area contributed by atoms with Crippen molar-refractivity contribution in [2.75, 3.05) is 13.2 Å². The van der Waals surface area contributed by atoms with Crippen LogP contribution in [0.2, 0.25) is 0 Å². The lowest BCUT2D eigenvalue weighted by atomic mass is 9.99. The van der Waals surface area contributed by atoms with E-state index in [2.05, 4.69) is 149 Å². The zero-order chi connectivity index (χ0) is 45.8. The van der Waals surface area contributed by atoms with Crippen molar-refractivity contribution in [3.63, 3.8) is 0 Å². The summed E-state index contributed by atoms with van der Waals surface area (Å²) < 4.78 is 29.5. The summed E-state index contributed by atoms with van der Waals surface area (Å²) in [5.74, 6) is 57.9. The van der Waals surface area contributed by atoms with E-state index in [0.29, 0.717) is 6.42 Å². The van der Waals surface area contributed by atoms with Gasteiger partial charge in [-0.3, -0.25) is 0 Å². The molecular weight excluding hydrogens is 797 g/mol. The summed E-state index contributed by atoms with van der Waals surface area (Å²) in [5, 5.41) is 40.6. The molecule has 0 saturated carbocycles. The molecule has 4 N–H and O–H groups in total. The Labute approximate surface area is 375 Å². The van der Waals surface area contributed by atoms with Crippen LogP contribution in [0.4, 0.5) is 0 Å². The van der Waals surface area contributed by atoms with Crippen molar-refractivity contribution >= 4 is 5.97 Å². The van der Waals surface area contributed by atoms with Crippen molar-refractivity contribution in [1.82, 2.24) is 0 Å². The smallest absolute Gasteiger partial charge is 0.385 e.